The van der Waals surface area contributed by atoms with Crippen LogP contribution in [0.15, 0.2) is 22.8 Å². The summed E-state index contributed by atoms with van der Waals surface area (Å²) in [6.07, 6.45) is 1.42. The fourth-order valence-corrected chi connectivity index (χ4v) is 1.01. The highest BCUT2D eigenvalue weighted by Gasteiger charge is 2.15. The molecule has 6 heteroatoms. The molecule has 0 atom stereocenters. The van der Waals surface area contributed by atoms with Crippen molar-refractivity contribution in [1.29, 1.82) is 0 Å². The first-order valence-electron chi connectivity index (χ1n) is 4.37. The van der Waals surface area contributed by atoms with E-state index in [4.69, 9.17) is 9.52 Å². The molecule has 0 saturated carbocycles. The SMILES string of the molecule is O=C(O)CCCN(O)C(=O)c1ccco1. The van der Waals surface area contributed by atoms with Gasteiger partial charge in [0, 0.05) is 13.0 Å². The molecule has 1 heterocycles. The molecule has 0 fully saturated rings. The number of nitrogens with zero attached hydrogens (tertiary/aromatic N) is 1. The minimum atomic E-state index is -0.964. The van der Waals surface area contributed by atoms with Crippen LogP contribution < -0.4 is 0 Å². The molecular formula is C9H11NO5. The largest absolute Gasteiger partial charge is 0.481 e. The number of hydrogen-bond acceptors (Lipinski definition) is 4. The van der Waals surface area contributed by atoms with Gasteiger partial charge in [0.2, 0.25) is 0 Å². The van der Waals surface area contributed by atoms with Crippen LogP contribution in [0.1, 0.15) is 23.4 Å². The smallest absolute Gasteiger partial charge is 0.312 e. The zero-order chi connectivity index (χ0) is 11.3. The molecule has 0 spiro atoms. The summed E-state index contributed by atoms with van der Waals surface area (Å²) in [5.74, 6) is -1.62. The average molecular weight is 213 g/mol. The van der Waals surface area contributed by atoms with E-state index in [1.807, 2.05) is 0 Å². The number of carboxylic acids is 1. The first-order valence-corrected chi connectivity index (χ1v) is 4.37. The number of carboxylic acid groups (broad SMARTS) is 1. The third-order valence-electron chi connectivity index (χ3n) is 1.73. The second-order valence-corrected chi connectivity index (χ2v) is 2.90. The maximum Gasteiger partial charge on any atom is 0.312 e. The Morgan fingerprint density at radius 1 is 1.47 bits per heavy atom. The van der Waals surface area contributed by atoms with E-state index in [1.165, 1.54) is 18.4 Å². The van der Waals surface area contributed by atoms with E-state index >= 15 is 0 Å². The van der Waals surface area contributed by atoms with Gasteiger partial charge in [-0.15, -0.1) is 0 Å². The van der Waals surface area contributed by atoms with Crippen molar-refractivity contribution in [3.63, 3.8) is 0 Å². The number of amides is 1. The van der Waals surface area contributed by atoms with E-state index in [9.17, 15) is 14.8 Å². The Morgan fingerprint density at radius 2 is 2.20 bits per heavy atom. The van der Waals surface area contributed by atoms with Crippen LogP contribution in [0.4, 0.5) is 0 Å². The topological polar surface area (TPSA) is 91.0 Å². The number of carbonyl (C=O) groups excluding carboxylic acids is 1. The molecule has 15 heavy (non-hydrogen) atoms. The number of furan rings is 1. The van der Waals surface area contributed by atoms with Gasteiger partial charge in [0.1, 0.15) is 0 Å². The molecule has 1 aromatic heterocycles. The Morgan fingerprint density at radius 3 is 2.73 bits per heavy atom. The highest BCUT2D eigenvalue weighted by molar-refractivity contribution is 5.90. The molecule has 0 aromatic carbocycles. The van der Waals surface area contributed by atoms with Crippen LogP contribution >= 0.6 is 0 Å². The first kappa shape index (κ1) is 11.3. The fourth-order valence-electron chi connectivity index (χ4n) is 1.01. The number of carbonyl (C=O) groups is 2. The van der Waals surface area contributed by atoms with Crippen molar-refractivity contribution in [3.05, 3.63) is 24.2 Å². The standard InChI is InChI=1S/C9H11NO5/c11-8(12)4-1-5-10(14)9(13)7-3-2-6-15-7/h2-3,6,14H,1,4-5H2,(H,11,12). The second kappa shape index (κ2) is 5.16. The molecule has 0 saturated heterocycles. The van der Waals surface area contributed by atoms with E-state index in [0.29, 0.717) is 5.06 Å². The van der Waals surface area contributed by atoms with Crippen LogP contribution in [0.2, 0.25) is 0 Å². The summed E-state index contributed by atoms with van der Waals surface area (Å²) in [5.41, 5.74) is 0. The highest BCUT2D eigenvalue weighted by Crippen LogP contribution is 2.04. The lowest BCUT2D eigenvalue weighted by atomic mass is 10.3. The Bertz CT molecular complexity index is 332. The minimum Gasteiger partial charge on any atom is -0.481 e. The van der Waals surface area contributed by atoms with Crippen molar-refractivity contribution >= 4 is 11.9 Å². The van der Waals surface area contributed by atoms with Gasteiger partial charge in [0.05, 0.1) is 6.26 Å². The van der Waals surface area contributed by atoms with Crippen molar-refractivity contribution in [2.75, 3.05) is 6.54 Å². The van der Waals surface area contributed by atoms with E-state index < -0.39 is 11.9 Å². The van der Waals surface area contributed by atoms with Gasteiger partial charge in [-0.05, 0) is 18.6 Å². The predicted octanol–water partition coefficient (Wildman–Crippen LogP) is 0.976. The molecule has 0 aliphatic carbocycles. The summed E-state index contributed by atoms with van der Waals surface area (Å²) in [6, 6.07) is 2.95. The highest BCUT2D eigenvalue weighted by atomic mass is 16.5. The van der Waals surface area contributed by atoms with Gasteiger partial charge in [0.15, 0.2) is 5.76 Å². The first-order chi connectivity index (χ1) is 7.11. The molecular weight excluding hydrogens is 202 g/mol. The molecule has 1 rings (SSSR count). The van der Waals surface area contributed by atoms with Gasteiger partial charge < -0.3 is 9.52 Å². The van der Waals surface area contributed by atoms with E-state index in [0.717, 1.165) is 0 Å². The van der Waals surface area contributed by atoms with E-state index in [2.05, 4.69) is 0 Å². The normalized spacial score (nSPS) is 9.93. The van der Waals surface area contributed by atoms with Crippen LogP contribution in [-0.4, -0.2) is 33.8 Å². The maximum atomic E-state index is 11.3. The third-order valence-corrected chi connectivity index (χ3v) is 1.73. The van der Waals surface area contributed by atoms with Crippen LogP contribution in [0.5, 0.6) is 0 Å². The quantitative estimate of drug-likeness (QED) is 0.561. The van der Waals surface area contributed by atoms with Crippen LogP contribution in [0, 0.1) is 0 Å². The number of hydroxylamine groups is 2. The summed E-state index contributed by atoms with van der Waals surface area (Å²) in [5, 5.41) is 18.0. The number of rotatable bonds is 5. The van der Waals surface area contributed by atoms with Gasteiger partial charge in [-0.25, -0.2) is 5.06 Å². The molecule has 0 radical (unpaired) electrons. The Labute approximate surface area is 85.7 Å². The van der Waals surface area contributed by atoms with Gasteiger partial charge in [-0.2, -0.15) is 0 Å². The molecule has 1 aromatic rings. The molecule has 0 aliphatic rings. The van der Waals surface area contributed by atoms with Crippen LogP contribution in [0.25, 0.3) is 0 Å². The molecule has 6 nitrogen and oxygen atoms in total. The Kier molecular flexibility index (Phi) is 3.87. The second-order valence-electron chi connectivity index (χ2n) is 2.90. The zero-order valence-corrected chi connectivity index (χ0v) is 7.92. The van der Waals surface area contributed by atoms with Crippen LogP contribution in [-0.2, 0) is 4.79 Å². The number of hydrogen-bond donors (Lipinski definition) is 2. The van der Waals surface area contributed by atoms with Gasteiger partial charge in [-0.1, -0.05) is 0 Å². The average Bonchev–Trinajstić information content (AvgIpc) is 2.68. The molecule has 0 aliphatic heterocycles. The Hall–Kier alpha value is -1.82. The molecule has 0 unspecified atom stereocenters. The van der Waals surface area contributed by atoms with E-state index in [1.54, 1.807) is 0 Å². The van der Waals surface area contributed by atoms with Crippen LogP contribution in [0.3, 0.4) is 0 Å². The fraction of sp³-hybridized carbons (Fsp3) is 0.333. The summed E-state index contributed by atoms with van der Waals surface area (Å²) in [7, 11) is 0. The van der Waals surface area contributed by atoms with Crippen molar-refractivity contribution in [3.8, 4) is 0 Å². The lowest BCUT2D eigenvalue weighted by Crippen LogP contribution is -2.28. The summed E-state index contributed by atoms with van der Waals surface area (Å²) >= 11 is 0. The summed E-state index contributed by atoms with van der Waals surface area (Å²) in [4.78, 5) is 21.5. The molecule has 1 amide bonds. The van der Waals surface area contributed by atoms with Crippen molar-refractivity contribution in [2.45, 2.75) is 12.8 Å². The summed E-state index contributed by atoms with van der Waals surface area (Å²) in [6.45, 7) is -0.0359. The lowest BCUT2D eigenvalue weighted by molar-refractivity contribution is -0.137. The van der Waals surface area contributed by atoms with Crippen molar-refractivity contribution in [1.82, 2.24) is 5.06 Å². The van der Waals surface area contributed by atoms with Crippen molar-refractivity contribution in [2.24, 2.45) is 0 Å². The summed E-state index contributed by atoms with van der Waals surface area (Å²) < 4.78 is 4.78. The third kappa shape index (κ3) is 3.43. The van der Waals surface area contributed by atoms with E-state index in [-0.39, 0.29) is 25.1 Å². The number of aliphatic carboxylic acids is 1. The maximum absolute atomic E-state index is 11.3. The molecule has 2 N–H and O–H groups in total. The van der Waals surface area contributed by atoms with Crippen molar-refractivity contribution < 1.29 is 24.3 Å². The van der Waals surface area contributed by atoms with Gasteiger partial charge >= 0.3 is 11.9 Å². The zero-order valence-electron chi connectivity index (χ0n) is 7.92. The monoisotopic (exact) mass is 213 g/mol. The molecule has 0 bridgehead atoms. The molecule has 82 valence electrons. The minimum absolute atomic E-state index is 0.0211. The Balaban J connectivity index is 2.37. The predicted molar refractivity (Wildman–Crippen MR) is 48.4 cm³/mol. The lowest BCUT2D eigenvalue weighted by Gasteiger charge is -2.12. The van der Waals surface area contributed by atoms with Gasteiger partial charge in [0.25, 0.3) is 0 Å². The van der Waals surface area contributed by atoms with Gasteiger partial charge in [-0.3, -0.25) is 14.8 Å².